The fourth-order valence-corrected chi connectivity index (χ4v) is 2.15. The molecule has 0 radical (unpaired) electrons. The minimum atomic E-state index is -0.942. The topological polar surface area (TPSA) is 90.6 Å². The van der Waals surface area contributed by atoms with Crippen molar-refractivity contribution in [3.8, 4) is 5.75 Å². The van der Waals surface area contributed by atoms with Gasteiger partial charge in [-0.15, -0.1) is 0 Å². The first-order chi connectivity index (χ1) is 11.9. The Balaban J connectivity index is 1.88. The number of amides is 1. The molecule has 2 aromatic rings. The molecule has 0 aliphatic rings. The molecular weight excluding hydrogens is 344 g/mol. The summed E-state index contributed by atoms with van der Waals surface area (Å²) in [6, 6.07) is 11.7. The predicted octanol–water partition coefficient (Wildman–Crippen LogP) is 2.79. The molecule has 1 atom stereocenters. The Morgan fingerprint density at radius 1 is 1.20 bits per heavy atom. The summed E-state index contributed by atoms with van der Waals surface area (Å²) in [4.78, 5) is 24.1. The Labute approximate surface area is 150 Å². The van der Waals surface area contributed by atoms with Crippen LogP contribution in [0.2, 0.25) is 5.02 Å². The molecule has 3 N–H and O–H groups in total. The predicted molar refractivity (Wildman–Crippen MR) is 95.6 cm³/mol. The maximum atomic E-state index is 12.1. The van der Waals surface area contributed by atoms with E-state index in [1.54, 1.807) is 19.2 Å². The largest absolute Gasteiger partial charge is 0.497 e. The molecular formula is C18H19ClN2O4. The van der Waals surface area contributed by atoms with Crippen molar-refractivity contribution in [1.82, 2.24) is 5.32 Å². The van der Waals surface area contributed by atoms with Gasteiger partial charge in [0.1, 0.15) is 5.75 Å². The number of methoxy groups -OCH3 is 1. The van der Waals surface area contributed by atoms with Gasteiger partial charge in [-0.05, 0) is 42.8 Å². The van der Waals surface area contributed by atoms with Gasteiger partial charge in [-0.25, -0.2) is 4.79 Å². The van der Waals surface area contributed by atoms with Crippen LogP contribution >= 0.6 is 11.6 Å². The van der Waals surface area contributed by atoms with Gasteiger partial charge in [0, 0.05) is 6.54 Å². The van der Waals surface area contributed by atoms with Crippen LogP contribution < -0.4 is 15.8 Å². The number of ether oxygens (including phenoxy) is 2. The average Bonchev–Trinajstić information content (AvgIpc) is 2.62. The summed E-state index contributed by atoms with van der Waals surface area (Å²) in [6.07, 6.45) is -0.942. The summed E-state index contributed by atoms with van der Waals surface area (Å²) in [6.45, 7) is 1.82. The Morgan fingerprint density at radius 3 is 2.48 bits per heavy atom. The standard InChI is InChI=1S/C18H19ClN2O4/c1-11(25-18(23)13-5-8-15(19)16(20)9-13)17(22)21-10-12-3-6-14(24-2)7-4-12/h3-9,11H,10,20H2,1-2H3,(H,21,22)/t11-/m0/s1. The number of nitrogens with two attached hydrogens (primary N) is 1. The van der Waals surface area contributed by atoms with Crippen LogP contribution in [-0.4, -0.2) is 25.1 Å². The van der Waals surface area contributed by atoms with Crippen LogP contribution in [0.15, 0.2) is 42.5 Å². The summed E-state index contributed by atoms with van der Waals surface area (Å²) >= 11 is 5.81. The number of hydrogen-bond acceptors (Lipinski definition) is 5. The second kappa shape index (κ2) is 8.39. The van der Waals surface area contributed by atoms with Gasteiger partial charge < -0.3 is 20.5 Å². The molecule has 0 heterocycles. The first kappa shape index (κ1) is 18.6. The number of nitrogens with one attached hydrogen (secondary N) is 1. The highest BCUT2D eigenvalue weighted by Crippen LogP contribution is 2.20. The minimum absolute atomic E-state index is 0.233. The van der Waals surface area contributed by atoms with Gasteiger partial charge in [-0.3, -0.25) is 4.79 Å². The quantitative estimate of drug-likeness (QED) is 0.609. The zero-order valence-corrected chi connectivity index (χ0v) is 14.7. The fourth-order valence-electron chi connectivity index (χ4n) is 2.03. The van der Waals surface area contributed by atoms with Crippen LogP contribution in [0.4, 0.5) is 5.69 Å². The highest BCUT2D eigenvalue weighted by molar-refractivity contribution is 6.33. The molecule has 0 saturated heterocycles. The molecule has 0 fully saturated rings. The smallest absolute Gasteiger partial charge is 0.338 e. The summed E-state index contributed by atoms with van der Waals surface area (Å²) < 4.78 is 10.2. The van der Waals surface area contributed by atoms with Crippen LogP contribution in [0.25, 0.3) is 0 Å². The number of nitrogen functional groups attached to an aromatic ring is 1. The molecule has 6 nitrogen and oxygen atoms in total. The number of esters is 1. The van der Waals surface area contributed by atoms with E-state index in [-0.39, 0.29) is 11.3 Å². The highest BCUT2D eigenvalue weighted by Gasteiger charge is 2.19. The van der Waals surface area contributed by atoms with Crippen LogP contribution in [-0.2, 0) is 16.1 Å². The average molecular weight is 363 g/mol. The van der Waals surface area contributed by atoms with E-state index in [0.29, 0.717) is 11.6 Å². The third-order valence-electron chi connectivity index (χ3n) is 3.51. The maximum absolute atomic E-state index is 12.1. The Hall–Kier alpha value is -2.73. The zero-order valence-electron chi connectivity index (χ0n) is 13.9. The first-order valence-corrected chi connectivity index (χ1v) is 7.95. The van der Waals surface area contributed by atoms with E-state index in [1.807, 2.05) is 12.1 Å². The van der Waals surface area contributed by atoms with Gasteiger partial charge in [-0.2, -0.15) is 0 Å². The summed E-state index contributed by atoms with van der Waals surface area (Å²) in [5.74, 6) is -0.304. The molecule has 25 heavy (non-hydrogen) atoms. The Morgan fingerprint density at radius 2 is 1.88 bits per heavy atom. The van der Waals surface area contributed by atoms with E-state index in [9.17, 15) is 9.59 Å². The molecule has 0 aliphatic carbocycles. The molecule has 2 rings (SSSR count). The summed E-state index contributed by atoms with van der Waals surface area (Å²) in [5.41, 5.74) is 7.06. The normalized spacial score (nSPS) is 11.5. The second-order valence-corrected chi connectivity index (χ2v) is 5.76. The molecule has 0 bridgehead atoms. The lowest BCUT2D eigenvalue weighted by Crippen LogP contribution is -2.35. The SMILES string of the molecule is COc1ccc(CNC(=O)[C@H](C)OC(=O)c2ccc(Cl)c(N)c2)cc1. The van der Waals surface area contributed by atoms with Crippen molar-refractivity contribution in [3.05, 3.63) is 58.6 Å². The third kappa shape index (κ3) is 5.12. The number of carbonyl (C=O) groups is 2. The number of anilines is 1. The van der Waals surface area contributed by atoms with Gasteiger partial charge in [-0.1, -0.05) is 23.7 Å². The molecule has 2 aromatic carbocycles. The van der Waals surface area contributed by atoms with Crippen LogP contribution in [0.3, 0.4) is 0 Å². The van der Waals surface area contributed by atoms with Crippen LogP contribution in [0.5, 0.6) is 5.75 Å². The lowest BCUT2D eigenvalue weighted by Gasteiger charge is -2.14. The lowest BCUT2D eigenvalue weighted by molar-refractivity contribution is -0.129. The van der Waals surface area contributed by atoms with Gasteiger partial charge in [0.25, 0.3) is 5.91 Å². The van der Waals surface area contributed by atoms with E-state index in [4.69, 9.17) is 26.8 Å². The third-order valence-corrected chi connectivity index (χ3v) is 3.85. The fraction of sp³-hybridized carbons (Fsp3) is 0.222. The molecule has 1 amide bonds. The first-order valence-electron chi connectivity index (χ1n) is 7.57. The molecule has 7 heteroatoms. The van der Waals surface area contributed by atoms with Gasteiger partial charge in [0.15, 0.2) is 6.10 Å². The maximum Gasteiger partial charge on any atom is 0.338 e. The Kier molecular flexibility index (Phi) is 6.25. The number of rotatable bonds is 6. The van der Waals surface area contributed by atoms with Crippen molar-refractivity contribution in [2.24, 2.45) is 0 Å². The molecule has 0 saturated carbocycles. The summed E-state index contributed by atoms with van der Waals surface area (Å²) in [7, 11) is 1.58. The van der Waals surface area contributed by atoms with E-state index < -0.39 is 18.0 Å². The van der Waals surface area contributed by atoms with Crippen molar-refractivity contribution in [2.45, 2.75) is 19.6 Å². The van der Waals surface area contributed by atoms with Gasteiger partial charge in [0.2, 0.25) is 0 Å². The van der Waals surface area contributed by atoms with Crippen LogP contribution in [0, 0.1) is 0 Å². The lowest BCUT2D eigenvalue weighted by atomic mass is 10.2. The van der Waals surface area contributed by atoms with E-state index in [2.05, 4.69) is 5.32 Å². The molecule has 0 spiro atoms. The number of benzene rings is 2. The zero-order chi connectivity index (χ0) is 18.4. The van der Waals surface area contributed by atoms with E-state index >= 15 is 0 Å². The monoisotopic (exact) mass is 362 g/mol. The summed E-state index contributed by atoms with van der Waals surface area (Å²) in [5, 5.41) is 3.06. The van der Waals surface area contributed by atoms with Crippen LogP contribution in [0.1, 0.15) is 22.8 Å². The van der Waals surface area contributed by atoms with Crippen molar-refractivity contribution in [3.63, 3.8) is 0 Å². The van der Waals surface area contributed by atoms with Crippen molar-refractivity contribution < 1.29 is 19.1 Å². The molecule has 0 aromatic heterocycles. The number of carbonyl (C=O) groups excluding carboxylic acids is 2. The van der Waals surface area contributed by atoms with Gasteiger partial charge >= 0.3 is 5.97 Å². The van der Waals surface area contributed by atoms with Gasteiger partial charge in [0.05, 0.1) is 23.4 Å². The highest BCUT2D eigenvalue weighted by atomic mass is 35.5. The molecule has 0 unspecified atom stereocenters. The number of hydrogen-bond donors (Lipinski definition) is 2. The van der Waals surface area contributed by atoms with Crippen molar-refractivity contribution in [1.29, 1.82) is 0 Å². The van der Waals surface area contributed by atoms with Crippen molar-refractivity contribution in [2.75, 3.05) is 12.8 Å². The number of halogens is 1. The minimum Gasteiger partial charge on any atom is -0.497 e. The van der Waals surface area contributed by atoms with E-state index in [1.165, 1.54) is 25.1 Å². The van der Waals surface area contributed by atoms with Crippen molar-refractivity contribution >= 4 is 29.2 Å². The molecule has 132 valence electrons. The Bertz CT molecular complexity index is 762. The second-order valence-electron chi connectivity index (χ2n) is 5.35. The molecule has 0 aliphatic heterocycles. The van der Waals surface area contributed by atoms with E-state index in [0.717, 1.165) is 11.3 Å².